The van der Waals surface area contributed by atoms with Gasteiger partial charge in [0.15, 0.2) is 0 Å². The number of carbonyl (C=O) groups excluding carboxylic acids is 1. The van der Waals surface area contributed by atoms with Crippen LogP contribution in [0.15, 0.2) is 63.8 Å². The molecule has 0 aliphatic carbocycles. The molecule has 1 aromatic heterocycles. The third-order valence-corrected chi connectivity index (χ3v) is 4.93. The summed E-state index contributed by atoms with van der Waals surface area (Å²) in [5.74, 6) is -0.666. The van der Waals surface area contributed by atoms with Crippen molar-refractivity contribution in [2.24, 2.45) is 0 Å². The quantitative estimate of drug-likeness (QED) is 0.333. The zero-order valence-electron chi connectivity index (χ0n) is 14.0. The van der Waals surface area contributed by atoms with E-state index in [9.17, 15) is 14.9 Å². The van der Waals surface area contributed by atoms with E-state index in [1.807, 2.05) is 6.07 Å². The highest BCUT2D eigenvalue weighted by molar-refractivity contribution is 9.11. The second-order valence-electron chi connectivity index (χ2n) is 5.34. The Labute approximate surface area is 176 Å². The highest BCUT2D eigenvalue weighted by Crippen LogP contribution is 2.33. The van der Waals surface area contributed by atoms with Crippen molar-refractivity contribution in [3.8, 4) is 0 Å². The summed E-state index contributed by atoms with van der Waals surface area (Å²) in [6, 6.07) is 13.9. The Morgan fingerprint density at radius 2 is 1.61 bits per heavy atom. The fraction of sp³-hybridized carbons (Fsp3) is 0. The third-order valence-electron chi connectivity index (χ3n) is 3.54. The highest BCUT2D eigenvalue weighted by Gasteiger charge is 2.24. The molecule has 0 saturated carbocycles. The molecule has 0 saturated heterocycles. The Hall–Kier alpha value is -3.05. The molecule has 0 aliphatic heterocycles. The molecule has 0 spiro atoms. The molecule has 0 atom stereocenters. The molecule has 0 radical (unpaired) electrons. The average Bonchev–Trinajstić information content (AvgIpc) is 2.68. The molecule has 2 aromatic carbocycles. The van der Waals surface area contributed by atoms with E-state index in [4.69, 9.17) is 0 Å². The van der Waals surface area contributed by atoms with E-state index in [0.717, 1.165) is 6.33 Å². The SMILES string of the molecule is O=C(NNc1ncnc(Nc2ccccc2Br)c1[N+](=O)[O-])c1ccccc1Br. The van der Waals surface area contributed by atoms with Gasteiger partial charge >= 0.3 is 5.69 Å². The van der Waals surface area contributed by atoms with Gasteiger partial charge < -0.3 is 5.32 Å². The number of carbonyl (C=O) groups is 1. The molecule has 0 unspecified atom stereocenters. The number of nitrogens with zero attached hydrogens (tertiary/aromatic N) is 3. The van der Waals surface area contributed by atoms with Gasteiger partial charge in [0, 0.05) is 8.95 Å². The lowest BCUT2D eigenvalue weighted by atomic mass is 10.2. The van der Waals surface area contributed by atoms with Gasteiger partial charge in [-0.2, -0.15) is 0 Å². The van der Waals surface area contributed by atoms with Gasteiger partial charge in [-0.25, -0.2) is 9.97 Å². The van der Waals surface area contributed by atoms with Crippen molar-refractivity contribution < 1.29 is 9.72 Å². The molecule has 0 fully saturated rings. The number of hydrogen-bond donors (Lipinski definition) is 3. The van der Waals surface area contributed by atoms with Gasteiger partial charge in [0.25, 0.3) is 5.91 Å². The van der Waals surface area contributed by atoms with Crippen molar-refractivity contribution in [2.45, 2.75) is 0 Å². The number of benzene rings is 2. The van der Waals surface area contributed by atoms with Gasteiger partial charge in [0.05, 0.1) is 16.2 Å². The normalized spacial score (nSPS) is 10.2. The van der Waals surface area contributed by atoms with Crippen molar-refractivity contribution in [1.82, 2.24) is 15.4 Å². The summed E-state index contributed by atoms with van der Waals surface area (Å²) in [4.78, 5) is 31.1. The third kappa shape index (κ3) is 4.43. The van der Waals surface area contributed by atoms with Crippen LogP contribution in [-0.4, -0.2) is 20.8 Å². The maximum absolute atomic E-state index is 12.3. The molecule has 1 amide bonds. The number of anilines is 3. The van der Waals surface area contributed by atoms with Crippen LogP contribution in [0.5, 0.6) is 0 Å². The smallest absolute Gasteiger partial charge is 0.333 e. The number of hydrogen-bond acceptors (Lipinski definition) is 7. The molecule has 3 aromatic rings. The van der Waals surface area contributed by atoms with Crippen molar-refractivity contribution in [1.29, 1.82) is 0 Å². The molecule has 3 N–H and O–H groups in total. The number of halogens is 2. The highest BCUT2D eigenvalue weighted by atomic mass is 79.9. The lowest BCUT2D eigenvalue weighted by Crippen LogP contribution is -2.30. The monoisotopic (exact) mass is 506 g/mol. The number of rotatable bonds is 6. The maximum atomic E-state index is 12.3. The van der Waals surface area contributed by atoms with Gasteiger partial charge in [-0.05, 0) is 56.1 Å². The Bertz CT molecular complexity index is 1050. The number of nitrogens with one attached hydrogen (secondary N) is 3. The minimum Gasteiger partial charge on any atom is -0.333 e. The molecular formula is C17H12Br2N6O3. The van der Waals surface area contributed by atoms with Crippen molar-refractivity contribution >= 4 is 60.8 Å². The Morgan fingerprint density at radius 3 is 2.29 bits per heavy atom. The Morgan fingerprint density at radius 1 is 0.964 bits per heavy atom. The van der Waals surface area contributed by atoms with Crippen LogP contribution >= 0.6 is 31.9 Å². The van der Waals surface area contributed by atoms with Gasteiger partial charge in [-0.15, -0.1) is 0 Å². The van der Waals surface area contributed by atoms with Crippen LogP contribution in [0, 0.1) is 10.1 Å². The predicted molar refractivity (Wildman–Crippen MR) is 111 cm³/mol. The van der Waals surface area contributed by atoms with Crippen LogP contribution in [0.3, 0.4) is 0 Å². The zero-order valence-corrected chi connectivity index (χ0v) is 17.2. The molecule has 28 heavy (non-hydrogen) atoms. The first-order valence-electron chi connectivity index (χ1n) is 7.79. The Kier molecular flexibility index (Phi) is 6.16. The summed E-state index contributed by atoms with van der Waals surface area (Å²) in [5, 5.41) is 14.5. The lowest BCUT2D eigenvalue weighted by Gasteiger charge is -2.12. The van der Waals surface area contributed by atoms with E-state index in [1.54, 1.807) is 42.5 Å². The van der Waals surface area contributed by atoms with Gasteiger partial charge in [0.2, 0.25) is 11.6 Å². The van der Waals surface area contributed by atoms with E-state index < -0.39 is 16.5 Å². The molecule has 11 heteroatoms. The fourth-order valence-electron chi connectivity index (χ4n) is 2.25. The van der Waals surface area contributed by atoms with Crippen molar-refractivity contribution in [3.63, 3.8) is 0 Å². The molecule has 3 rings (SSSR count). The topological polar surface area (TPSA) is 122 Å². The first-order chi connectivity index (χ1) is 13.5. The lowest BCUT2D eigenvalue weighted by molar-refractivity contribution is -0.383. The van der Waals surface area contributed by atoms with Gasteiger partial charge in [-0.1, -0.05) is 24.3 Å². The first-order valence-corrected chi connectivity index (χ1v) is 9.38. The number of para-hydroxylation sites is 1. The molecule has 0 bridgehead atoms. The van der Waals surface area contributed by atoms with Crippen LogP contribution in [-0.2, 0) is 0 Å². The number of nitro groups is 1. The van der Waals surface area contributed by atoms with E-state index in [1.165, 1.54) is 0 Å². The van der Waals surface area contributed by atoms with E-state index in [0.29, 0.717) is 20.2 Å². The summed E-state index contributed by atoms with van der Waals surface area (Å²) in [6.45, 7) is 0. The van der Waals surface area contributed by atoms with Crippen molar-refractivity contribution in [3.05, 3.63) is 79.5 Å². The summed E-state index contributed by atoms with van der Waals surface area (Å²) < 4.78 is 1.29. The number of amides is 1. The minimum atomic E-state index is -0.633. The maximum Gasteiger partial charge on any atom is 0.355 e. The largest absolute Gasteiger partial charge is 0.355 e. The molecule has 142 valence electrons. The van der Waals surface area contributed by atoms with E-state index in [-0.39, 0.29) is 11.6 Å². The standard InChI is InChI=1S/C17H12Br2N6O3/c18-11-6-2-1-5-10(11)17(26)24-23-16-14(25(27)28)15(20-9-21-16)22-13-8-4-3-7-12(13)19/h1-9H,(H,24,26)(H2,20,21,22,23). The summed E-state index contributed by atoms with van der Waals surface area (Å²) in [5.41, 5.74) is 5.44. The molecule has 0 aliphatic rings. The summed E-state index contributed by atoms with van der Waals surface area (Å²) >= 11 is 6.64. The second kappa shape index (κ2) is 8.76. The van der Waals surface area contributed by atoms with E-state index in [2.05, 4.69) is 58.0 Å². The zero-order chi connectivity index (χ0) is 20.1. The van der Waals surface area contributed by atoms with Crippen LogP contribution < -0.4 is 16.2 Å². The van der Waals surface area contributed by atoms with Crippen LogP contribution in [0.25, 0.3) is 0 Å². The molecule has 9 nitrogen and oxygen atoms in total. The second-order valence-corrected chi connectivity index (χ2v) is 7.05. The van der Waals surface area contributed by atoms with Crippen LogP contribution in [0.2, 0.25) is 0 Å². The number of hydrazine groups is 1. The minimum absolute atomic E-state index is 0.0236. The average molecular weight is 508 g/mol. The van der Waals surface area contributed by atoms with Crippen molar-refractivity contribution in [2.75, 3.05) is 10.7 Å². The van der Waals surface area contributed by atoms with Crippen LogP contribution in [0.4, 0.5) is 23.0 Å². The first kappa shape index (κ1) is 19.7. The fourth-order valence-corrected chi connectivity index (χ4v) is 3.10. The summed E-state index contributed by atoms with van der Waals surface area (Å²) in [7, 11) is 0. The number of aromatic nitrogens is 2. The Balaban J connectivity index is 1.85. The van der Waals surface area contributed by atoms with E-state index >= 15 is 0 Å². The summed E-state index contributed by atoms with van der Waals surface area (Å²) in [6.07, 6.45) is 1.15. The van der Waals surface area contributed by atoms with Crippen LogP contribution in [0.1, 0.15) is 10.4 Å². The predicted octanol–water partition coefficient (Wildman–Crippen LogP) is 4.41. The molecule has 1 heterocycles. The van der Waals surface area contributed by atoms with Gasteiger partial charge in [0.1, 0.15) is 6.33 Å². The van der Waals surface area contributed by atoms with Gasteiger partial charge in [-0.3, -0.25) is 25.8 Å². The molecular weight excluding hydrogens is 496 g/mol.